The Balaban J connectivity index is 2.02. The first kappa shape index (κ1) is 24.2. The van der Waals surface area contributed by atoms with Crippen molar-refractivity contribution in [1.82, 2.24) is 0 Å². The zero-order valence-electron chi connectivity index (χ0n) is 18.6. The molecule has 1 N–H and O–H groups in total. The van der Waals surface area contributed by atoms with Crippen molar-refractivity contribution >= 4 is 67.2 Å². The first-order chi connectivity index (χ1) is 15.0. The Morgan fingerprint density at radius 2 is 1.56 bits per heavy atom. The van der Waals surface area contributed by atoms with Crippen LogP contribution in [0.4, 0.5) is 5.00 Å². The van der Waals surface area contributed by atoms with Crippen molar-refractivity contribution in [1.29, 1.82) is 0 Å². The van der Waals surface area contributed by atoms with Gasteiger partial charge in [-0.3, -0.25) is 4.79 Å². The molecule has 2 heterocycles. The predicted molar refractivity (Wildman–Crippen MR) is 130 cm³/mol. The number of rotatable bonds is 6. The minimum absolute atomic E-state index is 0.140. The number of anilines is 1. The number of ether oxygens (including phenoxy) is 2. The minimum Gasteiger partial charge on any atom is -0.459 e. The summed E-state index contributed by atoms with van der Waals surface area (Å²) >= 11 is 8.73. The van der Waals surface area contributed by atoms with E-state index in [0.29, 0.717) is 15.5 Å². The molecule has 0 unspecified atom stereocenters. The van der Waals surface area contributed by atoms with Crippen LogP contribution in [0.1, 0.15) is 68.5 Å². The molecule has 3 rings (SSSR count). The Labute approximate surface area is 199 Å². The summed E-state index contributed by atoms with van der Waals surface area (Å²) in [6.45, 7) is 10.5. The molecule has 0 aliphatic heterocycles. The molecule has 0 saturated carbocycles. The lowest BCUT2D eigenvalue weighted by Crippen LogP contribution is -2.17. The van der Waals surface area contributed by atoms with Gasteiger partial charge in [0.2, 0.25) is 0 Å². The summed E-state index contributed by atoms with van der Waals surface area (Å²) in [5.41, 5.74) is 1.60. The van der Waals surface area contributed by atoms with Gasteiger partial charge >= 0.3 is 11.9 Å². The monoisotopic (exact) mass is 493 g/mol. The smallest absolute Gasteiger partial charge is 0.348 e. The summed E-state index contributed by atoms with van der Waals surface area (Å²) in [5.74, 6) is -1.64. The molecule has 0 atom stereocenters. The summed E-state index contributed by atoms with van der Waals surface area (Å²) in [5, 5.41) is 4.12. The Kier molecular flexibility index (Phi) is 7.27. The van der Waals surface area contributed by atoms with E-state index in [0.717, 1.165) is 27.0 Å². The number of aryl methyl sites for hydroxylation is 1. The summed E-state index contributed by atoms with van der Waals surface area (Å²) in [6.07, 6.45) is -0.689. The normalized spacial score (nSPS) is 11.3. The van der Waals surface area contributed by atoms with Crippen molar-refractivity contribution < 1.29 is 23.9 Å². The zero-order valence-corrected chi connectivity index (χ0v) is 21.0. The average molecular weight is 494 g/mol. The van der Waals surface area contributed by atoms with E-state index >= 15 is 0 Å². The molecule has 6 nitrogen and oxygen atoms in total. The fourth-order valence-electron chi connectivity index (χ4n) is 3.06. The number of amides is 1. The Bertz CT molecular complexity index is 1210. The van der Waals surface area contributed by atoms with E-state index in [-0.39, 0.29) is 27.6 Å². The summed E-state index contributed by atoms with van der Waals surface area (Å²) < 4.78 is 11.5. The van der Waals surface area contributed by atoms with Crippen LogP contribution in [-0.2, 0) is 9.47 Å². The molecule has 170 valence electrons. The number of carbonyl (C=O) groups excluding carboxylic acids is 3. The van der Waals surface area contributed by atoms with Crippen LogP contribution in [0, 0.1) is 13.8 Å². The van der Waals surface area contributed by atoms with Gasteiger partial charge in [0.15, 0.2) is 0 Å². The number of esters is 2. The molecule has 0 aliphatic rings. The van der Waals surface area contributed by atoms with E-state index in [1.807, 2.05) is 25.1 Å². The molecule has 3 aromatic rings. The zero-order chi connectivity index (χ0) is 23.7. The summed E-state index contributed by atoms with van der Waals surface area (Å²) in [4.78, 5) is 39.0. The van der Waals surface area contributed by atoms with Crippen LogP contribution in [0.3, 0.4) is 0 Å². The van der Waals surface area contributed by atoms with E-state index in [9.17, 15) is 14.4 Å². The maximum atomic E-state index is 13.1. The Hall–Kier alpha value is -2.42. The van der Waals surface area contributed by atoms with Crippen LogP contribution in [-0.4, -0.2) is 30.1 Å². The summed E-state index contributed by atoms with van der Waals surface area (Å²) in [6, 6.07) is 5.77. The van der Waals surface area contributed by atoms with Crippen LogP contribution in [0.2, 0.25) is 5.02 Å². The van der Waals surface area contributed by atoms with Crippen molar-refractivity contribution in [3.63, 3.8) is 0 Å². The highest BCUT2D eigenvalue weighted by Crippen LogP contribution is 2.39. The fourth-order valence-corrected chi connectivity index (χ4v) is 5.64. The maximum absolute atomic E-state index is 13.1. The number of halogens is 1. The van der Waals surface area contributed by atoms with Gasteiger partial charge in [0, 0.05) is 10.1 Å². The van der Waals surface area contributed by atoms with Gasteiger partial charge in [-0.15, -0.1) is 22.7 Å². The number of hydrogen-bond acceptors (Lipinski definition) is 7. The highest BCUT2D eigenvalue weighted by Gasteiger charge is 2.29. The van der Waals surface area contributed by atoms with E-state index in [1.54, 1.807) is 34.6 Å². The van der Waals surface area contributed by atoms with Crippen molar-refractivity contribution in [2.24, 2.45) is 0 Å². The molecule has 9 heteroatoms. The topological polar surface area (TPSA) is 81.7 Å². The number of benzene rings is 1. The molecule has 2 aromatic heterocycles. The predicted octanol–water partition coefficient (Wildman–Crippen LogP) is 6.62. The maximum Gasteiger partial charge on any atom is 0.348 e. The van der Waals surface area contributed by atoms with Gasteiger partial charge in [-0.25, -0.2) is 9.59 Å². The molecule has 0 bridgehead atoms. The second-order valence-electron chi connectivity index (χ2n) is 7.87. The van der Waals surface area contributed by atoms with Crippen LogP contribution < -0.4 is 5.32 Å². The van der Waals surface area contributed by atoms with Crippen molar-refractivity contribution in [2.75, 3.05) is 5.32 Å². The molecule has 1 amide bonds. The van der Waals surface area contributed by atoms with Crippen LogP contribution in [0.15, 0.2) is 18.2 Å². The summed E-state index contributed by atoms with van der Waals surface area (Å²) in [7, 11) is 0. The molecule has 0 fully saturated rings. The van der Waals surface area contributed by atoms with Crippen molar-refractivity contribution in [3.05, 3.63) is 49.7 Å². The number of carbonyl (C=O) groups is 3. The third-order valence-corrected chi connectivity index (χ3v) is 7.28. The number of thiophene rings is 2. The molecule has 0 spiro atoms. The molecular weight excluding hydrogens is 470 g/mol. The largest absolute Gasteiger partial charge is 0.459 e. The van der Waals surface area contributed by atoms with Gasteiger partial charge in [-0.05, 0) is 58.7 Å². The lowest BCUT2D eigenvalue weighted by molar-refractivity contribution is 0.0378. The number of nitrogens with one attached hydrogen (secondary N) is 1. The number of hydrogen-bond donors (Lipinski definition) is 1. The second kappa shape index (κ2) is 9.60. The fraction of sp³-hybridized carbons (Fsp3) is 0.348. The third-order valence-electron chi connectivity index (χ3n) is 4.44. The average Bonchev–Trinajstić information content (AvgIpc) is 3.17. The highest BCUT2D eigenvalue weighted by atomic mass is 35.5. The molecule has 1 aromatic carbocycles. The highest BCUT2D eigenvalue weighted by molar-refractivity contribution is 7.22. The minimum atomic E-state index is -0.620. The van der Waals surface area contributed by atoms with Gasteiger partial charge in [-0.2, -0.15) is 0 Å². The van der Waals surface area contributed by atoms with E-state index in [1.165, 1.54) is 11.3 Å². The first-order valence-electron chi connectivity index (χ1n) is 10.0. The van der Waals surface area contributed by atoms with E-state index in [4.69, 9.17) is 21.1 Å². The molecule has 0 saturated heterocycles. The Morgan fingerprint density at radius 1 is 0.938 bits per heavy atom. The van der Waals surface area contributed by atoms with Gasteiger partial charge in [0.1, 0.15) is 14.8 Å². The van der Waals surface area contributed by atoms with Gasteiger partial charge in [-0.1, -0.05) is 23.7 Å². The standard InChI is InChI=1S/C23H24ClNO5S2/c1-10(2)29-22(27)16-13(6)18(23(28)30-11(3)4)32-21(16)25-20(26)19-17(24)14-8-7-12(5)9-15(14)31-19/h7-11H,1-6H3,(H,25,26). The quantitative estimate of drug-likeness (QED) is 0.390. The van der Waals surface area contributed by atoms with E-state index in [2.05, 4.69) is 5.32 Å². The van der Waals surface area contributed by atoms with Crippen LogP contribution in [0.25, 0.3) is 10.1 Å². The second-order valence-corrected chi connectivity index (χ2v) is 10.3. The third kappa shape index (κ3) is 4.98. The first-order valence-corrected chi connectivity index (χ1v) is 12.1. The number of fused-ring (bicyclic) bond motifs is 1. The van der Waals surface area contributed by atoms with Crippen molar-refractivity contribution in [2.45, 2.75) is 53.8 Å². The molecular formula is C23H24ClNO5S2. The Morgan fingerprint density at radius 3 is 2.19 bits per heavy atom. The molecule has 0 aliphatic carbocycles. The lowest BCUT2D eigenvalue weighted by atomic mass is 10.1. The van der Waals surface area contributed by atoms with Crippen LogP contribution >= 0.6 is 34.3 Å². The SMILES string of the molecule is Cc1ccc2c(Cl)c(C(=O)Nc3sc(C(=O)OC(C)C)c(C)c3C(=O)OC(C)C)sc2c1. The molecule has 32 heavy (non-hydrogen) atoms. The van der Waals surface area contributed by atoms with Gasteiger partial charge in [0.05, 0.1) is 22.8 Å². The lowest BCUT2D eigenvalue weighted by Gasteiger charge is -2.10. The van der Waals surface area contributed by atoms with Gasteiger partial charge < -0.3 is 14.8 Å². The van der Waals surface area contributed by atoms with Crippen molar-refractivity contribution in [3.8, 4) is 0 Å². The van der Waals surface area contributed by atoms with E-state index < -0.39 is 17.8 Å². The molecule has 0 radical (unpaired) electrons. The van der Waals surface area contributed by atoms with Gasteiger partial charge in [0.25, 0.3) is 5.91 Å². The van der Waals surface area contributed by atoms with Crippen LogP contribution in [0.5, 0.6) is 0 Å².